The third kappa shape index (κ3) is 1.49. The third-order valence-corrected chi connectivity index (χ3v) is 2.65. The Morgan fingerprint density at radius 3 is 2.76 bits per heavy atom. The highest BCUT2D eigenvalue weighted by molar-refractivity contribution is 5.91. The van der Waals surface area contributed by atoms with Gasteiger partial charge in [-0.05, 0) is 18.2 Å². The number of methoxy groups -OCH3 is 1. The summed E-state index contributed by atoms with van der Waals surface area (Å²) in [6, 6.07) is 4.90. The number of ether oxygens (including phenoxy) is 1. The molecule has 1 aromatic carbocycles. The van der Waals surface area contributed by atoms with Gasteiger partial charge < -0.3 is 14.4 Å². The summed E-state index contributed by atoms with van der Waals surface area (Å²) in [6.45, 7) is 0. The van der Waals surface area contributed by atoms with E-state index >= 15 is 0 Å². The summed E-state index contributed by atoms with van der Waals surface area (Å²) >= 11 is 0. The van der Waals surface area contributed by atoms with E-state index in [0.717, 1.165) is 0 Å². The Balaban J connectivity index is 3.00. The second kappa shape index (κ2) is 3.79. The number of diazo groups is 1. The predicted octanol–water partition coefficient (Wildman–Crippen LogP) is 1.74. The van der Waals surface area contributed by atoms with E-state index in [1.807, 2.05) is 0 Å². The first kappa shape index (κ1) is 11.0. The number of fused-ring (bicyclic) bond motifs is 1. The molecule has 0 amide bonds. The van der Waals surface area contributed by atoms with E-state index < -0.39 is 5.56 Å². The molecule has 6 heteroatoms. The van der Waals surface area contributed by atoms with Crippen LogP contribution in [0, 0.1) is 5.39 Å². The maximum Gasteiger partial charge on any atom is 0.490 e. The van der Waals surface area contributed by atoms with E-state index in [2.05, 4.69) is 4.98 Å². The molecule has 86 valence electrons. The normalized spacial score (nSPS) is 10.2. The molecule has 0 spiro atoms. The summed E-state index contributed by atoms with van der Waals surface area (Å²) in [6.07, 6.45) is 0. The van der Waals surface area contributed by atoms with Crippen molar-refractivity contribution in [1.29, 1.82) is 5.39 Å². The average Bonchev–Trinajstić information content (AvgIpc) is 2.36. The molecule has 0 aliphatic carbocycles. The summed E-state index contributed by atoms with van der Waals surface area (Å²) in [4.78, 5) is 14.5. The van der Waals surface area contributed by atoms with Gasteiger partial charge in [0.2, 0.25) is 11.1 Å². The second-order valence-corrected chi connectivity index (χ2v) is 3.54. The predicted molar refractivity (Wildman–Crippen MR) is 62.1 cm³/mol. The van der Waals surface area contributed by atoms with Gasteiger partial charge >= 0.3 is 11.2 Å². The third-order valence-electron chi connectivity index (χ3n) is 2.65. The highest BCUT2D eigenvalue weighted by atomic mass is 16.5. The van der Waals surface area contributed by atoms with Crippen molar-refractivity contribution in [3.63, 3.8) is 0 Å². The summed E-state index contributed by atoms with van der Waals surface area (Å²) in [5, 5.41) is 19.0. The lowest BCUT2D eigenvalue weighted by molar-refractivity contribution is 0.415. The first-order chi connectivity index (χ1) is 8.10. The number of pyridine rings is 1. The monoisotopic (exact) mass is 232 g/mol. The van der Waals surface area contributed by atoms with E-state index in [0.29, 0.717) is 16.7 Å². The number of hydrogen-bond donors (Lipinski definition) is 1. The summed E-state index contributed by atoms with van der Waals surface area (Å²) in [5.41, 5.74) is -0.420. The number of aromatic hydroxyl groups is 1. The van der Waals surface area contributed by atoms with Gasteiger partial charge in [-0.15, -0.1) is 0 Å². The molecular formula is C11H10N3O3+. The number of aromatic nitrogens is 1. The van der Waals surface area contributed by atoms with Crippen molar-refractivity contribution >= 4 is 16.6 Å². The van der Waals surface area contributed by atoms with Crippen LogP contribution in [0.5, 0.6) is 11.5 Å². The van der Waals surface area contributed by atoms with Crippen molar-refractivity contribution in [2.45, 2.75) is 0 Å². The molecule has 0 saturated heterocycles. The lowest BCUT2D eigenvalue weighted by Crippen LogP contribution is -2.16. The maximum atomic E-state index is 11.7. The number of benzene rings is 1. The largest absolute Gasteiger partial charge is 0.501 e. The molecule has 0 bridgehead atoms. The fourth-order valence-electron chi connectivity index (χ4n) is 1.71. The zero-order chi connectivity index (χ0) is 12.6. The van der Waals surface area contributed by atoms with Crippen LogP contribution in [0.15, 0.2) is 23.0 Å². The van der Waals surface area contributed by atoms with E-state index in [-0.39, 0.29) is 11.4 Å². The fraction of sp³-hybridized carbons (Fsp3) is 0.182. The number of rotatable bonds is 1. The van der Waals surface area contributed by atoms with Crippen molar-refractivity contribution in [3.05, 3.63) is 33.5 Å². The molecule has 6 nitrogen and oxygen atoms in total. The molecule has 1 heterocycles. The molecule has 0 unspecified atom stereocenters. The van der Waals surface area contributed by atoms with Gasteiger partial charge in [-0.1, -0.05) is 0 Å². The Morgan fingerprint density at radius 2 is 2.18 bits per heavy atom. The smallest absolute Gasteiger partial charge is 0.490 e. The van der Waals surface area contributed by atoms with Crippen molar-refractivity contribution in [1.82, 2.24) is 4.57 Å². The average molecular weight is 232 g/mol. The molecule has 0 aliphatic heterocycles. The maximum absolute atomic E-state index is 11.7. The van der Waals surface area contributed by atoms with Gasteiger partial charge in [-0.3, -0.25) is 4.79 Å². The molecular weight excluding hydrogens is 222 g/mol. The summed E-state index contributed by atoms with van der Waals surface area (Å²) in [7, 11) is 3.03. The molecule has 1 aromatic heterocycles. The van der Waals surface area contributed by atoms with Crippen LogP contribution in [-0.2, 0) is 7.05 Å². The SMILES string of the molecule is COc1ccc2c(c1)c(O)c([N+]#N)c(=O)n2C. The van der Waals surface area contributed by atoms with Crippen LogP contribution in [0.1, 0.15) is 0 Å². The minimum absolute atomic E-state index is 0.357. The second-order valence-electron chi connectivity index (χ2n) is 3.54. The van der Waals surface area contributed by atoms with Crippen molar-refractivity contribution < 1.29 is 9.84 Å². The van der Waals surface area contributed by atoms with Crippen LogP contribution in [0.3, 0.4) is 0 Å². The minimum atomic E-state index is -0.567. The zero-order valence-electron chi connectivity index (χ0n) is 9.34. The summed E-state index contributed by atoms with van der Waals surface area (Å²) in [5.74, 6) is 0.180. The minimum Gasteiger partial charge on any atom is -0.501 e. The van der Waals surface area contributed by atoms with Crippen LogP contribution in [-0.4, -0.2) is 16.8 Å². The van der Waals surface area contributed by atoms with Crippen molar-refractivity contribution in [3.8, 4) is 11.5 Å². The fourth-order valence-corrected chi connectivity index (χ4v) is 1.71. The van der Waals surface area contributed by atoms with Crippen LogP contribution in [0.4, 0.5) is 5.69 Å². The van der Waals surface area contributed by atoms with Gasteiger partial charge in [0.1, 0.15) is 5.75 Å². The highest BCUT2D eigenvalue weighted by Gasteiger charge is 2.25. The Bertz CT molecular complexity index is 698. The molecule has 0 fully saturated rings. The quantitative estimate of drug-likeness (QED) is 0.759. The van der Waals surface area contributed by atoms with Crippen LogP contribution in [0.25, 0.3) is 15.9 Å². The highest BCUT2D eigenvalue weighted by Crippen LogP contribution is 2.33. The first-order valence-electron chi connectivity index (χ1n) is 4.85. The van der Waals surface area contributed by atoms with E-state index in [1.54, 1.807) is 18.2 Å². The number of hydrogen-bond acceptors (Lipinski definition) is 4. The van der Waals surface area contributed by atoms with E-state index in [4.69, 9.17) is 10.1 Å². The van der Waals surface area contributed by atoms with Gasteiger partial charge in [0.25, 0.3) is 0 Å². The molecule has 2 rings (SSSR count). The zero-order valence-corrected chi connectivity index (χ0v) is 9.34. The Kier molecular flexibility index (Phi) is 2.44. The van der Waals surface area contributed by atoms with E-state index in [1.165, 1.54) is 18.7 Å². The van der Waals surface area contributed by atoms with Gasteiger partial charge in [0.15, 0.2) is 4.98 Å². The van der Waals surface area contributed by atoms with Crippen molar-refractivity contribution in [2.75, 3.05) is 7.11 Å². The van der Waals surface area contributed by atoms with Crippen LogP contribution >= 0.6 is 0 Å². The molecule has 1 N–H and O–H groups in total. The first-order valence-corrected chi connectivity index (χ1v) is 4.85. The number of nitrogens with zero attached hydrogens (tertiary/aromatic N) is 3. The van der Waals surface area contributed by atoms with Gasteiger partial charge in [0.05, 0.1) is 18.0 Å². The molecule has 2 aromatic rings. The molecule has 0 saturated carbocycles. The van der Waals surface area contributed by atoms with Crippen molar-refractivity contribution in [2.24, 2.45) is 7.05 Å². The lowest BCUT2D eigenvalue weighted by Gasteiger charge is -2.06. The standard InChI is InChI=1S/C11H9N3O3/c1-14-8-4-3-6(17-2)5-7(8)10(15)9(13-12)11(14)16/h3-5H,1-2H3/p+1. The number of aryl methyl sites for hydroxylation is 1. The molecule has 0 atom stereocenters. The topological polar surface area (TPSA) is 79.6 Å². The van der Waals surface area contributed by atoms with Gasteiger partial charge in [-0.25, -0.2) is 0 Å². The Hall–Kier alpha value is -2.55. The lowest BCUT2D eigenvalue weighted by atomic mass is 10.1. The Morgan fingerprint density at radius 1 is 1.47 bits per heavy atom. The van der Waals surface area contributed by atoms with Crippen LogP contribution in [0.2, 0.25) is 0 Å². The van der Waals surface area contributed by atoms with Gasteiger partial charge in [-0.2, -0.15) is 0 Å². The molecule has 0 radical (unpaired) electrons. The summed E-state index contributed by atoms with van der Waals surface area (Å²) < 4.78 is 6.32. The Labute approximate surface area is 96.3 Å². The van der Waals surface area contributed by atoms with Gasteiger partial charge in [0, 0.05) is 7.05 Å². The molecule has 17 heavy (non-hydrogen) atoms. The molecule has 0 aliphatic rings. The van der Waals surface area contributed by atoms with E-state index in [9.17, 15) is 9.90 Å². The van der Waals surface area contributed by atoms with Crippen LogP contribution < -0.4 is 10.3 Å².